The van der Waals surface area contributed by atoms with Crippen molar-refractivity contribution >= 4 is 11.8 Å². The van der Waals surface area contributed by atoms with Gasteiger partial charge in [0, 0.05) is 26.5 Å². The molecule has 288 valence electrons. The highest BCUT2D eigenvalue weighted by Crippen LogP contribution is 2.66. The molecule has 8 nitrogen and oxygen atoms in total. The van der Waals surface area contributed by atoms with Crippen LogP contribution in [0.3, 0.4) is 0 Å². The molecule has 12 heteroatoms. The quantitative estimate of drug-likeness (QED) is 0.193. The molecule has 4 bridgehead atoms. The van der Waals surface area contributed by atoms with Crippen LogP contribution in [0.15, 0.2) is 60.9 Å². The molecule has 6 atom stereocenters. The van der Waals surface area contributed by atoms with Gasteiger partial charge < -0.3 is 10.6 Å². The minimum Gasteiger partial charge on any atom is -0.342 e. The third kappa shape index (κ3) is 5.95. The van der Waals surface area contributed by atoms with E-state index < -0.39 is 47.1 Å². The van der Waals surface area contributed by atoms with Gasteiger partial charge in [0.05, 0.1) is 22.2 Å². The molecular weight excluding hydrogens is 696 g/mol. The van der Waals surface area contributed by atoms with Gasteiger partial charge in [0.2, 0.25) is 0 Å². The van der Waals surface area contributed by atoms with Crippen LogP contribution in [0.4, 0.5) is 17.6 Å². The first-order chi connectivity index (χ1) is 25.3. The van der Waals surface area contributed by atoms with Crippen LogP contribution in [0.5, 0.6) is 0 Å². The van der Waals surface area contributed by atoms with Crippen LogP contribution in [0.1, 0.15) is 146 Å². The number of hydrogen-bond donors (Lipinski definition) is 2. The number of alkyl halides is 4. The minimum atomic E-state index is -2.78. The van der Waals surface area contributed by atoms with Gasteiger partial charge in [-0.3, -0.25) is 19.0 Å². The first kappa shape index (κ1) is 37.8. The van der Waals surface area contributed by atoms with Gasteiger partial charge >= 0.3 is 0 Å². The zero-order valence-electron chi connectivity index (χ0n) is 32.2. The molecule has 2 heterocycles. The first-order valence-electron chi connectivity index (χ1n) is 18.8. The van der Waals surface area contributed by atoms with Crippen LogP contribution in [0.2, 0.25) is 0 Å². The van der Waals surface area contributed by atoms with E-state index in [2.05, 4.69) is 86.6 Å². The molecule has 4 aliphatic rings. The third-order valence-corrected chi connectivity index (χ3v) is 12.4. The number of aryl methyl sites for hydroxylation is 2. The van der Waals surface area contributed by atoms with Gasteiger partial charge in [-0.1, -0.05) is 90.1 Å². The zero-order chi connectivity index (χ0) is 39.1. The second-order valence-electron chi connectivity index (χ2n) is 17.8. The number of halogens is 4. The Hall–Kier alpha value is -4.48. The van der Waals surface area contributed by atoms with E-state index in [0.29, 0.717) is 11.8 Å². The highest BCUT2D eigenvalue weighted by molar-refractivity contribution is 5.96. The number of benzene rings is 2. The highest BCUT2D eigenvalue weighted by atomic mass is 19.3. The van der Waals surface area contributed by atoms with Gasteiger partial charge in [0.15, 0.2) is 0 Å². The molecule has 54 heavy (non-hydrogen) atoms. The van der Waals surface area contributed by atoms with Crippen molar-refractivity contribution in [2.24, 2.45) is 36.8 Å². The SMILES string of the molecule is Cn1cc(C(=O)NC23CCC(c4ccccc42)C3C(C)(C)C)c(C(F)F)n1.Cn1cc(C(=O)NC23CCC(c4ccccc42)C3C(C)(C)C)c(C(F)F)n1. The predicted molar refractivity (Wildman–Crippen MR) is 197 cm³/mol. The summed E-state index contributed by atoms with van der Waals surface area (Å²) in [4.78, 5) is 26.2. The molecule has 2 aromatic carbocycles. The van der Waals surface area contributed by atoms with Crippen LogP contribution in [-0.4, -0.2) is 31.4 Å². The Kier molecular flexibility index (Phi) is 9.16. The van der Waals surface area contributed by atoms with E-state index in [9.17, 15) is 27.2 Å². The lowest BCUT2D eigenvalue weighted by molar-refractivity contribution is 0.0763. The number of nitrogens with one attached hydrogen (secondary N) is 2. The fraction of sp³-hybridized carbons (Fsp3) is 0.524. The molecule has 8 rings (SSSR count). The molecule has 6 unspecified atom stereocenters. The summed E-state index contributed by atoms with van der Waals surface area (Å²) in [7, 11) is 3.10. The Morgan fingerprint density at radius 3 is 1.35 bits per heavy atom. The number of hydrogen-bond acceptors (Lipinski definition) is 4. The Balaban J connectivity index is 0.000000167. The van der Waals surface area contributed by atoms with Crippen LogP contribution in [0.25, 0.3) is 0 Å². The van der Waals surface area contributed by atoms with Crippen molar-refractivity contribution in [2.75, 3.05) is 0 Å². The maximum atomic E-state index is 13.3. The number of carbonyl (C=O) groups excluding carboxylic acids is 2. The fourth-order valence-electron chi connectivity index (χ4n) is 11.1. The van der Waals surface area contributed by atoms with E-state index in [1.54, 1.807) is 14.1 Å². The van der Waals surface area contributed by atoms with Crippen molar-refractivity contribution in [3.05, 3.63) is 106 Å². The first-order valence-corrected chi connectivity index (χ1v) is 18.8. The molecule has 2 aromatic heterocycles. The molecule has 4 aliphatic carbocycles. The van der Waals surface area contributed by atoms with Gasteiger partial charge in [0.1, 0.15) is 11.4 Å². The van der Waals surface area contributed by atoms with E-state index in [0.717, 1.165) is 36.8 Å². The van der Waals surface area contributed by atoms with Crippen LogP contribution < -0.4 is 10.6 Å². The summed E-state index contributed by atoms with van der Waals surface area (Å²) in [6, 6.07) is 16.5. The number of carbonyl (C=O) groups is 2. The summed E-state index contributed by atoms with van der Waals surface area (Å²) >= 11 is 0. The standard InChI is InChI=1S/2C21H25F2N3O/c2*1-20(2,3)17-13-9-10-21(17,15-8-6-5-7-12(13)15)24-19(27)14-11-26(4)25-16(14)18(22)23/h2*5-8,11,13,17-18H,9-10H2,1-4H3,(H,24,27). The monoisotopic (exact) mass is 746 g/mol. The lowest BCUT2D eigenvalue weighted by atomic mass is 9.69. The van der Waals surface area contributed by atoms with Crippen molar-refractivity contribution in [3.8, 4) is 0 Å². The molecular formula is C42H50F4N6O2. The second-order valence-corrected chi connectivity index (χ2v) is 17.8. The Labute approximate surface area is 314 Å². The Morgan fingerprint density at radius 2 is 1.02 bits per heavy atom. The number of aromatic nitrogens is 4. The normalized spacial score (nSPS) is 26.5. The van der Waals surface area contributed by atoms with Crippen molar-refractivity contribution in [3.63, 3.8) is 0 Å². The van der Waals surface area contributed by atoms with E-state index in [1.165, 1.54) is 32.9 Å². The minimum absolute atomic E-state index is 0.0338. The Bertz CT molecular complexity index is 1950. The summed E-state index contributed by atoms with van der Waals surface area (Å²) in [5, 5.41) is 14.0. The van der Waals surface area contributed by atoms with Gasteiger partial charge in [-0.2, -0.15) is 10.2 Å². The van der Waals surface area contributed by atoms with Gasteiger partial charge in [0.25, 0.3) is 24.7 Å². The van der Waals surface area contributed by atoms with Crippen LogP contribution in [0, 0.1) is 22.7 Å². The molecule has 0 spiro atoms. The molecule has 0 radical (unpaired) electrons. The highest BCUT2D eigenvalue weighted by Gasteiger charge is 2.62. The maximum Gasteiger partial charge on any atom is 0.282 e. The van der Waals surface area contributed by atoms with E-state index in [4.69, 9.17) is 0 Å². The molecule has 0 saturated heterocycles. The Morgan fingerprint density at radius 1 is 0.667 bits per heavy atom. The van der Waals surface area contributed by atoms with Gasteiger partial charge in [-0.15, -0.1) is 0 Å². The van der Waals surface area contributed by atoms with E-state index >= 15 is 0 Å². The summed E-state index contributed by atoms with van der Waals surface area (Å²) in [6.45, 7) is 13.2. The topological polar surface area (TPSA) is 93.8 Å². The second kappa shape index (κ2) is 13.1. The molecule has 4 aromatic rings. The smallest absolute Gasteiger partial charge is 0.282 e. The average molecular weight is 747 g/mol. The van der Waals surface area contributed by atoms with E-state index in [-0.39, 0.29) is 33.8 Å². The van der Waals surface area contributed by atoms with Crippen molar-refractivity contribution in [1.82, 2.24) is 30.2 Å². The summed E-state index contributed by atoms with van der Waals surface area (Å²) in [5.41, 5.74) is 2.73. The third-order valence-electron chi connectivity index (χ3n) is 12.4. The number of amides is 2. The lowest BCUT2D eigenvalue weighted by Crippen LogP contribution is -2.50. The number of fused-ring (bicyclic) bond motifs is 10. The van der Waals surface area contributed by atoms with Crippen LogP contribution >= 0.6 is 0 Å². The van der Waals surface area contributed by atoms with Crippen molar-refractivity contribution in [1.29, 1.82) is 0 Å². The summed E-state index contributed by atoms with van der Waals surface area (Å²) < 4.78 is 55.9. The van der Waals surface area contributed by atoms with E-state index in [1.807, 2.05) is 24.3 Å². The molecule has 2 amide bonds. The van der Waals surface area contributed by atoms with Crippen molar-refractivity contribution < 1.29 is 27.2 Å². The van der Waals surface area contributed by atoms with Crippen molar-refractivity contribution in [2.45, 2.75) is 103 Å². The molecule has 2 saturated carbocycles. The number of rotatable bonds is 6. The lowest BCUT2D eigenvalue weighted by Gasteiger charge is -2.41. The predicted octanol–water partition coefficient (Wildman–Crippen LogP) is 9.07. The van der Waals surface area contributed by atoms with Gasteiger partial charge in [-0.05, 0) is 82.4 Å². The van der Waals surface area contributed by atoms with Crippen LogP contribution in [-0.2, 0) is 25.2 Å². The molecule has 2 N–H and O–H groups in total. The molecule has 2 fully saturated rings. The zero-order valence-corrected chi connectivity index (χ0v) is 32.2. The molecule has 0 aliphatic heterocycles. The van der Waals surface area contributed by atoms with Gasteiger partial charge in [-0.25, -0.2) is 17.6 Å². The summed E-state index contributed by atoms with van der Waals surface area (Å²) in [5.74, 6) is 0.265. The largest absolute Gasteiger partial charge is 0.342 e. The number of nitrogens with zero attached hydrogens (tertiary/aromatic N) is 4. The maximum absolute atomic E-state index is 13.3. The average Bonchev–Trinajstić information content (AvgIpc) is 3.93. The fourth-order valence-corrected chi connectivity index (χ4v) is 11.1. The summed E-state index contributed by atoms with van der Waals surface area (Å²) in [6.07, 6.45) is 0.839.